The van der Waals surface area contributed by atoms with E-state index < -0.39 is 22.0 Å². The normalized spacial score (nSPS) is 18.2. The zero-order chi connectivity index (χ0) is 18.0. The number of nitrogens with one attached hydrogen (secondary N) is 1. The number of furan rings is 1. The van der Waals surface area contributed by atoms with Crippen molar-refractivity contribution in [1.29, 1.82) is 0 Å². The predicted molar refractivity (Wildman–Crippen MR) is 98.3 cm³/mol. The first-order valence-corrected chi connectivity index (χ1v) is 9.40. The van der Waals surface area contributed by atoms with Crippen LogP contribution in [0.5, 0.6) is 0 Å². The van der Waals surface area contributed by atoms with Gasteiger partial charge in [0, 0.05) is 30.7 Å². The number of rotatable bonds is 4. The summed E-state index contributed by atoms with van der Waals surface area (Å²) in [6, 6.07) is 7.83. The van der Waals surface area contributed by atoms with Gasteiger partial charge in [0.05, 0.1) is 18.7 Å². The van der Waals surface area contributed by atoms with Gasteiger partial charge in [0.25, 0.3) is 10.0 Å². The van der Waals surface area contributed by atoms with Crippen molar-refractivity contribution < 1.29 is 22.4 Å². The van der Waals surface area contributed by atoms with E-state index in [4.69, 9.17) is 16.0 Å². The number of hydrogen-bond donors (Lipinski definition) is 1. The largest absolute Gasteiger partial charge is 0.465 e. The Bertz CT molecular complexity index is 884. The highest BCUT2D eigenvalue weighted by Crippen LogP contribution is 2.30. The number of sulfonamides is 1. The quantitative estimate of drug-likeness (QED) is 0.764. The van der Waals surface area contributed by atoms with Crippen molar-refractivity contribution in [2.75, 3.05) is 26.7 Å². The van der Waals surface area contributed by atoms with Crippen molar-refractivity contribution in [3.05, 3.63) is 52.7 Å². The second kappa shape index (κ2) is 8.41. The fraction of sp³-hybridized carbons (Fsp3) is 0.312. The first-order chi connectivity index (χ1) is 11.9. The van der Waals surface area contributed by atoms with E-state index in [1.165, 1.54) is 17.5 Å². The topological polar surface area (TPSA) is 88.8 Å². The maximum Gasteiger partial charge on any atom is 0.341 e. The molecule has 142 valence electrons. The van der Waals surface area contributed by atoms with Crippen LogP contribution in [0, 0.1) is 0 Å². The van der Waals surface area contributed by atoms with Crippen molar-refractivity contribution in [2.45, 2.75) is 11.1 Å². The molecule has 0 aliphatic carbocycles. The standard InChI is InChI=1S/C16H17ClN2O5S.ClH/c1-23-16(20)12-8-15(24-10-12)25(21,22)19-6-5-18-9-14(19)11-3-2-4-13(17)7-11;/h2-4,7-8,10,14,18H,5-6,9H2,1H3;1H. The predicted octanol–water partition coefficient (Wildman–Crippen LogP) is 2.48. The van der Waals surface area contributed by atoms with Crippen LogP contribution in [-0.2, 0) is 14.8 Å². The number of ether oxygens (including phenoxy) is 1. The third kappa shape index (κ3) is 4.05. The first-order valence-electron chi connectivity index (χ1n) is 7.58. The molecule has 1 saturated heterocycles. The lowest BCUT2D eigenvalue weighted by atomic mass is 10.1. The highest BCUT2D eigenvalue weighted by Gasteiger charge is 2.36. The van der Waals surface area contributed by atoms with Gasteiger partial charge in [-0.25, -0.2) is 13.2 Å². The van der Waals surface area contributed by atoms with Crippen LogP contribution in [0.15, 0.2) is 46.1 Å². The minimum absolute atomic E-state index is 0. The Morgan fingerprint density at radius 3 is 2.85 bits per heavy atom. The molecule has 7 nitrogen and oxygen atoms in total. The number of methoxy groups -OCH3 is 1. The molecule has 0 bridgehead atoms. The molecule has 3 rings (SSSR count). The Morgan fingerprint density at radius 2 is 2.15 bits per heavy atom. The lowest BCUT2D eigenvalue weighted by Crippen LogP contribution is -2.48. The average Bonchev–Trinajstić information content (AvgIpc) is 3.12. The van der Waals surface area contributed by atoms with Crippen LogP contribution < -0.4 is 5.32 Å². The van der Waals surface area contributed by atoms with E-state index in [-0.39, 0.29) is 29.6 Å². The van der Waals surface area contributed by atoms with Crippen LogP contribution in [-0.4, -0.2) is 45.4 Å². The van der Waals surface area contributed by atoms with Gasteiger partial charge in [-0.3, -0.25) is 0 Å². The Morgan fingerprint density at radius 1 is 1.38 bits per heavy atom. The van der Waals surface area contributed by atoms with Crippen LogP contribution >= 0.6 is 24.0 Å². The summed E-state index contributed by atoms with van der Waals surface area (Å²) in [6.07, 6.45) is 1.08. The van der Waals surface area contributed by atoms with Crippen molar-refractivity contribution in [3.8, 4) is 0 Å². The summed E-state index contributed by atoms with van der Waals surface area (Å²) in [4.78, 5) is 11.5. The number of halogens is 2. The Labute approximate surface area is 162 Å². The van der Waals surface area contributed by atoms with Crippen molar-refractivity contribution in [1.82, 2.24) is 9.62 Å². The van der Waals surface area contributed by atoms with Gasteiger partial charge < -0.3 is 14.5 Å². The average molecular weight is 421 g/mol. The molecule has 26 heavy (non-hydrogen) atoms. The maximum absolute atomic E-state index is 13.0. The minimum Gasteiger partial charge on any atom is -0.465 e. The van der Waals surface area contributed by atoms with Crippen molar-refractivity contribution >= 4 is 40.0 Å². The van der Waals surface area contributed by atoms with E-state index in [1.54, 1.807) is 18.2 Å². The maximum atomic E-state index is 13.0. The molecule has 0 saturated carbocycles. The second-order valence-electron chi connectivity index (χ2n) is 5.54. The van der Waals surface area contributed by atoms with Crippen LogP contribution in [0.1, 0.15) is 22.0 Å². The number of benzene rings is 1. The molecule has 1 fully saturated rings. The number of piperazine rings is 1. The van der Waals surface area contributed by atoms with E-state index >= 15 is 0 Å². The van der Waals surface area contributed by atoms with E-state index in [2.05, 4.69) is 10.1 Å². The third-order valence-corrected chi connectivity index (χ3v) is 6.00. The summed E-state index contributed by atoms with van der Waals surface area (Å²) in [5.74, 6) is -0.656. The van der Waals surface area contributed by atoms with E-state index in [1.807, 2.05) is 6.07 Å². The van der Waals surface area contributed by atoms with E-state index in [9.17, 15) is 13.2 Å². The molecule has 1 unspecified atom stereocenters. The van der Waals surface area contributed by atoms with E-state index in [0.29, 0.717) is 18.1 Å². The molecule has 1 aromatic heterocycles. The summed E-state index contributed by atoms with van der Waals surface area (Å²) < 4.78 is 37.1. The molecule has 0 amide bonds. The first kappa shape index (κ1) is 20.7. The molecule has 0 spiro atoms. The molecule has 2 heterocycles. The van der Waals surface area contributed by atoms with Gasteiger partial charge in [0.15, 0.2) is 0 Å². The third-order valence-electron chi connectivity index (χ3n) is 3.99. The SMILES string of the molecule is COC(=O)c1coc(S(=O)(=O)N2CCNCC2c2cccc(Cl)c2)c1.Cl. The monoisotopic (exact) mass is 420 g/mol. The van der Waals surface area contributed by atoms with Gasteiger partial charge in [0.2, 0.25) is 5.09 Å². The summed E-state index contributed by atoms with van der Waals surface area (Å²) in [5, 5.41) is 3.43. The molecule has 10 heteroatoms. The second-order valence-corrected chi connectivity index (χ2v) is 7.79. The van der Waals surface area contributed by atoms with Crippen molar-refractivity contribution in [3.63, 3.8) is 0 Å². The van der Waals surface area contributed by atoms with Crippen LogP contribution in [0.3, 0.4) is 0 Å². The number of carbonyl (C=O) groups is 1. The summed E-state index contributed by atoms with van der Waals surface area (Å²) >= 11 is 6.04. The smallest absolute Gasteiger partial charge is 0.341 e. The van der Waals surface area contributed by atoms with Crippen LogP contribution in [0.2, 0.25) is 5.02 Å². The molecule has 0 radical (unpaired) electrons. The molecular formula is C16H18Cl2N2O5S. The van der Waals surface area contributed by atoms with Crippen LogP contribution in [0.25, 0.3) is 0 Å². The fourth-order valence-electron chi connectivity index (χ4n) is 2.76. The van der Waals surface area contributed by atoms with Gasteiger partial charge >= 0.3 is 5.97 Å². The van der Waals surface area contributed by atoms with Crippen LogP contribution in [0.4, 0.5) is 0 Å². The molecule has 1 aliphatic rings. The summed E-state index contributed by atoms with van der Waals surface area (Å²) in [6.45, 7) is 1.23. The van der Waals surface area contributed by atoms with Gasteiger partial charge in [-0.05, 0) is 17.7 Å². The number of esters is 1. The van der Waals surface area contributed by atoms with Gasteiger partial charge in [-0.15, -0.1) is 12.4 Å². The zero-order valence-corrected chi connectivity index (χ0v) is 16.2. The summed E-state index contributed by atoms with van der Waals surface area (Å²) in [7, 11) is -2.70. The van der Waals surface area contributed by atoms with Gasteiger partial charge in [-0.2, -0.15) is 4.31 Å². The molecular weight excluding hydrogens is 403 g/mol. The minimum atomic E-state index is -3.92. The highest BCUT2D eigenvalue weighted by molar-refractivity contribution is 7.89. The Balaban J connectivity index is 0.00000243. The fourth-order valence-corrected chi connectivity index (χ4v) is 4.50. The van der Waals surface area contributed by atoms with Crippen molar-refractivity contribution in [2.24, 2.45) is 0 Å². The van der Waals surface area contributed by atoms with Gasteiger partial charge in [-0.1, -0.05) is 23.7 Å². The molecule has 1 aliphatic heterocycles. The molecule has 1 N–H and O–H groups in total. The zero-order valence-electron chi connectivity index (χ0n) is 13.8. The molecule has 1 atom stereocenters. The number of carbonyl (C=O) groups excluding carboxylic acids is 1. The number of hydrogen-bond acceptors (Lipinski definition) is 6. The van der Waals surface area contributed by atoms with Gasteiger partial charge in [0.1, 0.15) is 6.26 Å². The van der Waals surface area contributed by atoms with E-state index in [0.717, 1.165) is 11.8 Å². The number of nitrogens with zero attached hydrogens (tertiary/aromatic N) is 1. The Hall–Kier alpha value is -1.58. The molecule has 1 aromatic carbocycles. The molecule has 2 aromatic rings. The Kier molecular flexibility index (Phi) is 6.70. The summed E-state index contributed by atoms with van der Waals surface area (Å²) in [5.41, 5.74) is 0.832. The highest BCUT2D eigenvalue weighted by atomic mass is 35.5. The lowest BCUT2D eigenvalue weighted by Gasteiger charge is -2.34. The lowest BCUT2D eigenvalue weighted by molar-refractivity contribution is 0.0600.